The van der Waals surface area contributed by atoms with Crippen molar-refractivity contribution in [1.82, 2.24) is 4.90 Å². The van der Waals surface area contributed by atoms with Crippen molar-refractivity contribution in [3.8, 4) is 0 Å². The standard InChI is InChI=1S/C12H19N3S/c1-10-4-6-15(7-5-10)12(13)14-9-11-3-2-8-16-11/h2-3,8,10H,4-7,9H2,1H3,(H2,13,14). The van der Waals surface area contributed by atoms with Crippen molar-refractivity contribution in [1.29, 1.82) is 0 Å². The van der Waals surface area contributed by atoms with Crippen molar-refractivity contribution in [3.05, 3.63) is 22.4 Å². The van der Waals surface area contributed by atoms with E-state index in [4.69, 9.17) is 5.73 Å². The highest BCUT2D eigenvalue weighted by molar-refractivity contribution is 7.09. The smallest absolute Gasteiger partial charge is 0.191 e. The fraction of sp³-hybridized carbons (Fsp3) is 0.583. The number of likely N-dealkylation sites (tertiary alicyclic amines) is 1. The van der Waals surface area contributed by atoms with Crippen molar-refractivity contribution >= 4 is 17.3 Å². The number of guanidine groups is 1. The number of rotatable bonds is 2. The van der Waals surface area contributed by atoms with Crippen LogP contribution >= 0.6 is 11.3 Å². The largest absolute Gasteiger partial charge is 0.370 e. The zero-order valence-electron chi connectivity index (χ0n) is 9.72. The minimum atomic E-state index is 0.709. The van der Waals surface area contributed by atoms with Crippen LogP contribution in [0.15, 0.2) is 22.5 Å². The second-order valence-corrected chi connectivity index (χ2v) is 5.46. The zero-order chi connectivity index (χ0) is 11.4. The number of hydrogen-bond acceptors (Lipinski definition) is 2. The normalized spacial score (nSPS) is 19.1. The Labute approximate surface area is 101 Å². The molecule has 0 atom stereocenters. The summed E-state index contributed by atoms with van der Waals surface area (Å²) >= 11 is 1.73. The molecule has 3 nitrogen and oxygen atoms in total. The number of nitrogens with two attached hydrogens (primary N) is 1. The van der Waals surface area contributed by atoms with Crippen LogP contribution in [-0.4, -0.2) is 23.9 Å². The lowest BCUT2D eigenvalue weighted by atomic mass is 10.00. The Balaban J connectivity index is 1.86. The average molecular weight is 237 g/mol. The first kappa shape index (κ1) is 11.5. The summed E-state index contributed by atoms with van der Waals surface area (Å²) in [6.45, 7) is 5.13. The highest BCUT2D eigenvalue weighted by Crippen LogP contribution is 2.16. The van der Waals surface area contributed by atoms with Crippen LogP contribution in [0.2, 0.25) is 0 Å². The van der Waals surface area contributed by atoms with Gasteiger partial charge in [-0.1, -0.05) is 13.0 Å². The molecule has 0 spiro atoms. The Hall–Kier alpha value is -1.03. The molecule has 1 aliphatic heterocycles. The van der Waals surface area contributed by atoms with Gasteiger partial charge in [0.1, 0.15) is 0 Å². The van der Waals surface area contributed by atoms with Gasteiger partial charge in [0.15, 0.2) is 5.96 Å². The Kier molecular flexibility index (Phi) is 3.83. The van der Waals surface area contributed by atoms with Crippen molar-refractivity contribution in [2.24, 2.45) is 16.6 Å². The topological polar surface area (TPSA) is 41.6 Å². The molecule has 1 aromatic heterocycles. The van der Waals surface area contributed by atoms with E-state index in [1.54, 1.807) is 11.3 Å². The van der Waals surface area contributed by atoms with E-state index in [0.717, 1.165) is 25.6 Å². The first-order chi connectivity index (χ1) is 7.75. The van der Waals surface area contributed by atoms with E-state index in [9.17, 15) is 0 Å². The summed E-state index contributed by atoms with van der Waals surface area (Å²) in [4.78, 5) is 7.92. The maximum atomic E-state index is 5.99. The summed E-state index contributed by atoms with van der Waals surface area (Å²) < 4.78 is 0. The molecule has 1 saturated heterocycles. The molecule has 0 radical (unpaired) electrons. The van der Waals surface area contributed by atoms with Gasteiger partial charge >= 0.3 is 0 Å². The fourth-order valence-corrected chi connectivity index (χ4v) is 2.53. The van der Waals surface area contributed by atoms with Gasteiger partial charge in [-0.25, -0.2) is 4.99 Å². The molecule has 1 aromatic rings. The van der Waals surface area contributed by atoms with Gasteiger partial charge in [-0.15, -0.1) is 11.3 Å². The van der Waals surface area contributed by atoms with Crippen LogP contribution in [0.3, 0.4) is 0 Å². The number of thiophene rings is 1. The summed E-state index contributed by atoms with van der Waals surface area (Å²) in [6.07, 6.45) is 2.46. The van der Waals surface area contributed by atoms with Crippen LogP contribution in [0.25, 0.3) is 0 Å². The second kappa shape index (κ2) is 5.34. The maximum absolute atomic E-state index is 5.99. The zero-order valence-corrected chi connectivity index (χ0v) is 10.5. The van der Waals surface area contributed by atoms with Crippen molar-refractivity contribution in [2.45, 2.75) is 26.3 Å². The molecule has 88 valence electrons. The van der Waals surface area contributed by atoms with E-state index >= 15 is 0 Å². The molecule has 2 N–H and O–H groups in total. The minimum absolute atomic E-state index is 0.709. The Bertz CT molecular complexity index is 337. The number of nitrogens with zero attached hydrogens (tertiary/aromatic N) is 2. The van der Waals surface area contributed by atoms with Crippen molar-refractivity contribution < 1.29 is 0 Å². The molecular formula is C12H19N3S. The van der Waals surface area contributed by atoms with E-state index in [-0.39, 0.29) is 0 Å². The van der Waals surface area contributed by atoms with Gasteiger partial charge < -0.3 is 10.6 Å². The predicted molar refractivity (Wildman–Crippen MR) is 69.6 cm³/mol. The van der Waals surface area contributed by atoms with Gasteiger partial charge in [0, 0.05) is 18.0 Å². The van der Waals surface area contributed by atoms with Gasteiger partial charge in [0.25, 0.3) is 0 Å². The quantitative estimate of drug-likeness (QED) is 0.633. The number of aliphatic imine (C=N–C) groups is 1. The molecule has 2 rings (SSSR count). The monoisotopic (exact) mass is 237 g/mol. The van der Waals surface area contributed by atoms with Gasteiger partial charge in [0.2, 0.25) is 0 Å². The number of hydrogen-bond donors (Lipinski definition) is 1. The summed E-state index contributed by atoms with van der Waals surface area (Å²) in [5.74, 6) is 1.54. The molecule has 0 bridgehead atoms. The van der Waals surface area contributed by atoms with Gasteiger partial charge in [-0.05, 0) is 30.2 Å². The Morgan fingerprint density at radius 3 is 2.94 bits per heavy atom. The molecule has 0 aliphatic carbocycles. The molecule has 2 heterocycles. The van der Waals surface area contributed by atoms with E-state index in [2.05, 4.69) is 28.3 Å². The average Bonchev–Trinajstić information content (AvgIpc) is 2.80. The second-order valence-electron chi connectivity index (χ2n) is 4.42. The highest BCUT2D eigenvalue weighted by Gasteiger charge is 2.16. The summed E-state index contributed by atoms with van der Waals surface area (Å²) in [5.41, 5.74) is 5.99. The van der Waals surface area contributed by atoms with Crippen molar-refractivity contribution in [2.75, 3.05) is 13.1 Å². The van der Waals surface area contributed by atoms with Crippen LogP contribution in [0.5, 0.6) is 0 Å². The van der Waals surface area contributed by atoms with Crippen LogP contribution in [0.4, 0.5) is 0 Å². The van der Waals surface area contributed by atoms with Crippen LogP contribution in [0.1, 0.15) is 24.6 Å². The summed E-state index contributed by atoms with van der Waals surface area (Å²) in [5, 5.41) is 2.07. The lowest BCUT2D eigenvalue weighted by molar-refractivity contribution is 0.277. The Morgan fingerprint density at radius 1 is 1.56 bits per heavy atom. The van der Waals surface area contributed by atoms with Gasteiger partial charge in [-0.3, -0.25) is 0 Å². The van der Waals surface area contributed by atoms with E-state index in [0.29, 0.717) is 5.96 Å². The molecule has 1 aliphatic rings. The molecule has 16 heavy (non-hydrogen) atoms. The fourth-order valence-electron chi connectivity index (χ4n) is 1.90. The third kappa shape index (κ3) is 2.98. The third-order valence-electron chi connectivity index (χ3n) is 3.08. The minimum Gasteiger partial charge on any atom is -0.370 e. The van der Waals surface area contributed by atoms with Gasteiger partial charge in [-0.2, -0.15) is 0 Å². The molecule has 4 heteroatoms. The Morgan fingerprint density at radius 2 is 2.31 bits per heavy atom. The van der Waals surface area contributed by atoms with Crippen LogP contribution < -0.4 is 5.73 Å². The molecule has 0 aromatic carbocycles. The molecule has 0 unspecified atom stereocenters. The van der Waals surface area contributed by atoms with E-state index < -0.39 is 0 Å². The molecule has 0 saturated carbocycles. The molecule has 0 amide bonds. The first-order valence-corrected chi connectivity index (χ1v) is 6.71. The summed E-state index contributed by atoms with van der Waals surface area (Å²) in [7, 11) is 0. The maximum Gasteiger partial charge on any atom is 0.191 e. The molecular weight excluding hydrogens is 218 g/mol. The molecule has 1 fully saturated rings. The van der Waals surface area contributed by atoms with Crippen LogP contribution in [0, 0.1) is 5.92 Å². The lowest BCUT2D eigenvalue weighted by Gasteiger charge is -2.30. The predicted octanol–water partition coefficient (Wildman–Crippen LogP) is 2.29. The number of piperidine rings is 1. The van der Waals surface area contributed by atoms with E-state index in [1.807, 2.05) is 6.07 Å². The van der Waals surface area contributed by atoms with Crippen molar-refractivity contribution in [3.63, 3.8) is 0 Å². The first-order valence-electron chi connectivity index (χ1n) is 5.83. The third-order valence-corrected chi connectivity index (χ3v) is 3.95. The SMILES string of the molecule is CC1CCN(C(N)=NCc2cccs2)CC1. The highest BCUT2D eigenvalue weighted by atomic mass is 32.1. The lowest BCUT2D eigenvalue weighted by Crippen LogP contribution is -2.42. The summed E-state index contributed by atoms with van der Waals surface area (Å²) in [6, 6.07) is 4.15. The van der Waals surface area contributed by atoms with E-state index in [1.165, 1.54) is 17.7 Å². The van der Waals surface area contributed by atoms with Crippen LogP contribution in [-0.2, 0) is 6.54 Å². The van der Waals surface area contributed by atoms with Gasteiger partial charge in [0.05, 0.1) is 6.54 Å².